The maximum atomic E-state index is 12.4. The zero-order chi connectivity index (χ0) is 42.7. The summed E-state index contributed by atoms with van der Waals surface area (Å²) in [5, 5.41) is 14.8. The van der Waals surface area contributed by atoms with Gasteiger partial charge in [0.25, 0.3) is 0 Å². The van der Waals surface area contributed by atoms with Crippen LogP contribution in [0.25, 0.3) is 0 Å². The summed E-state index contributed by atoms with van der Waals surface area (Å²) in [5.74, 6) is -0.0725. The number of nitrogens with zero attached hydrogens (tertiary/aromatic N) is 2. The highest BCUT2D eigenvalue weighted by Gasteiger charge is 2.29. The first-order valence-corrected chi connectivity index (χ1v) is 19.3. The molecule has 12 nitrogen and oxygen atoms in total. The predicted octanol–water partition coefficient (Wildman–Crippen LogP) is 6.21. The molecule has 3 N–H and O–H groups in total. The van der Waals surface area contributed by atoms with E-state index in [4.69, 9.17) is 9.84 Å². The van der Waals surface area contributed by atoms with Crippen LogP contribution in [0.1, 0.15) is 101 Å². The van der Waals surface area contributed by atoms with Gasteiger partial charge in [-0.2, -0.15) is 0 Å². The number of hydrogen-bond donors (Lipinski definition) is 3. The maximum absolute atomic E-state index is 12.4. The lowest BCUT2D eigenvalue weighted by Crippen LogP contribution is -2.49. The third-order valence-electron chi connectivity index (χ3n) is 8.81. The number of carbonyl (C=O) groups is 5. The van der Waals surface area contributed by atoms with Crippen molar-refractivity contribution < 1.29 is 38.6 Å². The first-order chi connectivity index (χ1) is 26.4. The third kappa shape index (κ3) is 23.5. The minimum absolute atomic E-state index is 0.0420. The molecule has 0 saturated carbocycles. The highest BCUT2D eigenvalue weighted by molar-refractivity contribution is 5.92. The monoisotopic (exact) mass is 783 g/mol. The van der Waals surface area contributed by atoms with Gasteiger partial charge < -0.3 is 35.0 Å². The molecule has 0 aliphatic heterocycles. The van der Waals surface area contributed by atoms with Gasteiger partial charge in [0.05, 0.1) is 24.8 Å². The van der Waals surface area contributed by atoms with Crippen LogP contribution in [0, 0.1) is 0 Å². The van der Waals surface area contributed by atoms with Crippen LogP contribution in [0.3, 0.4) is 0 Å². The van der Waals surface area contributed by atoms with Crippen LogP contribution < -0.4 is 10.6 Å². The van der Waals surface area contributed by atoms with Gasteiger partial charge in [0.2, 0.25) is 11.8 Å². The van der Waals surface area contributed by atoms with E-state index >= 15 is 0 Å². The summed E-state index contributed by atoms with van der Waals surface area (Å²) in [5.41, 5.74) is 2.33. The molecular formula is C44H70N4O8. The van der Waals surface area contributed by atoms with E-state index in [9.17, 15) is 24.0 Å². The molecule has 0 aliphatic rings. The quantitative estimate of drug-likeness (QED) is 0.0876. The number of benzene rings is 2. The van der Waals surface area contributed by atoms with E-state index in [1.54, 1.807) is 27.7 Å². The molecule has 56 heavy (non-hydrogen) atoms. The standard InChI is InChI=1S/C22H34N2O5.C20H32N2O3.C2H4/c1-22(2,19(25)9-7-15-24(3)4)23-20(26)10-6-8-17-11-13-18(14-12-17)16-29-21(27)28-5;1-20(2,18(24)8-6-14-22(3)4)21-19(25)9-5-7-16-10-12-17(15-23)13-11-16;1-2/h11-14H,6-10,15-16H2,1-5H3,(H,23,26);10-13,23H,5-9,14-15H2,1-4H3,(H,21,25);1-2H2. The average Bonchev–Trinajstić information content (AvgIpc) is 3.14. The summed E-state index contributed by atoms with van der Waals surface area (Å²) in [4.78, 5) is 64.1. The summed E-state index contributed by atoms with van der Waals surface area (Å²) in [7, 11) is 9.18. The lowest BCUT2D eigenvalue weighted by atomic mass is 9.95. The van der Waals surface area contributed by atoms with Gasteiger partial charge in [-0.15, -0.1) is 13.2 Å². The number of ether oxygens (including phenoxy) is 2. The molecule has 0 aliphatic carbocycles. The Kier molecular flexibility index (Phi) is 25.9. The lowest BCUT2D eigenvalue weighted by Gasteiger charge is -2.25. The Morgan fingerprint density at radius 2 is 0.964 bits per heavy atom. The number of aliphatic hydroxyl groups excluding tert-OH is 1. The molecule has 0 bridgehead atoms. The Morgan fingerprint density at radius 1 is 0.607 bits per heavy atom. The van der Waals surface area contributed by atoms with Crippen molar-refractivity contribution in [2.75, 3.05) is 48.4 Å². The first kappa shape index (κ1) is 51.6. The summed E-state index contributed by atoms with van der Waals surface area (Å²) >= 11 is 0. The van der Waals surface area contributed by atoms with Gasteiger partial charge >= 0.3 is 6.16 Å². The van der Waals surface area contributed by atoms with Crippen molar-refractivity contribution in [3.8, 4) is 0 Å². The summed E-state index contributed by atoms with van der Waals surface area (Å²) in [6.45, 7) is 15.0. The number of aliphatic hydroxyl groups is 1. The molecule has 2 amide bonds. The van der Waals surface area contributed by atoms with E-state index in [2.05, 4.69) is 28.5 Å². The second-order valence-corrected chi connectivity index (χ2v) is 15.2. The number of amides is 2. The van der Waals surface area contributed by atoms with Crippen LogP contribution >= 0.6 is 0 Å². The Hall–Kier alpha value is -4.39. The summed E-state index contributed by atoms with van der Waals surface area (Å²) in [6, 6.07) is 15.4. The maximum Gasteiger partial charge on any atom is 0.508 e. The highest BCUT2D eigenvalue weighted by Crippen LogP contribution is 2.14. The normalized spacial score (nSPS) is 11.1. The largest absolute Gasteiger partial charge is 0.508 e. The van der Waals surface area contributed by atoms with Crippen molar-refractivity contribution in [1.29, 1.82) is 0 Å². The molecule has 0 unspecified atom stereocenters. The van der Waals surface area contributed by atoms with Crippen LogP contribution in [0.2, 0.25) is 0 Å². The molecule has 12 heteroatoms. The third-order valence-corrected chi connectivity index (χ3v) is 8.81. The molecule has 0 aromatic heterocycles. The fourth-order valence-electron chi connectivity index (χ4n) is 5.42. The van der Waals surface area contributed by atoms with Gasteiger partial charge in [-0.1, -0.05) is 48.5 Å². The van der Waals surface area contributed by atoms with Crippen molar-refractivity contribution in [2.24, 2.45) is 0 Å². The molecule has 0 saturated heterocycles. The number of carbonyl (C=O) groups excluding carboxylic acids is 5. The van der Waals surface area contributed by atoms with E-state index in [-0.39, 0.29) is 36.6 Å². The van der Waals surface area contributed by atoms with E-state index in [1.165, 1.54) is 7.11 Å². The molecule has 0 radical (unpaired) electrons. The Bertz CT molecular complexity index is 1450. The molecule has 2 aromatic carbocycles. The molecule has 314 valence electrons. The Labute approximate surface area is 336 Å². The molecule has 0 atom stereocenters. The van der Waals surface area contributed by atoms with E-state index in [0.29, 0.717) is 32.1 Å². The smallest absolute Gasteiger partial charge is 0.438 e. The predicted molar refractivity (Wildman–Crippen MR) is 223 cm³/mol. The van der Waals surface area contributed by atoms with Gasteiger partial charge in [0.15, 0.2) is 11.6 Å². The van der Waals surface area contributed by atoms with Crippen LogP contribution in [-0.4, -0.2) is 104 Å². The lowest BCUT2D eigenvalue weighted by molar-refractivity contribution is -0.131. The number of aryl methyl sites for hydroxylation is 2. The second-order valence-electron chi connectivity index (χ2n) is 15.2. The SMILES string of the molecule is C=C.CN(C)CCCC(=O)C(C)(C)NC(=O)CCCc1ccc(CO)cc1.COC(=O)OCc1ccc(CCCC(=O)NC(C)(C)C(=O)CCCN(C)C)cc1. The first-order valence-electron chi connectivity index (χ1n) is 19.3. The minimum Gasteiger partial charge on any atom is -0.438 e. The van der Waals surface area contributed by atoms with E-state index in [1.807, 2.05) is 86.5 Å². The van der Waals surface area contributed by atoms with Gasteiger partial charge in [0.1, 0.15) is 6.61 Å². The van der Waals surface area contributed by atoms with Crippen molar-refractivity contribution in [2.45, 2.75) is 116 Å². The number of nitrogens with one attached hydrogen (secondary N) is 2. The molecule has 0 heterocycles. The molecule has 0 spiro atoms. The van der Waals surface area contributed by atoms with E-state index < -0.39 is 17.2 Å². The van der Waals surface area contributed by atoms with E-state index in [0.717, 1.165) is 67.4 Å². The van der Waals surface area contributed by atoms with Crippen LogP contribution in [0.4, 0.5) is 4.79 Å². The van der Waals surface area contributed by atoms with Gasteiger partial charge in [0, 0.05) is 25.7 Å². The minimum atomic E-state index is -0.843. The summed E-state index contributed by atoms with van der Waals surface area (Å²) in [6.07, 6.45) is 5.54. The average molecular weight is 783 g/mol. The molecule has 0 fully saturated rings. The van der Waals surface area contributed by atoms with Gasteiger partial charge in [-0.05, 0) is 130 Å². The van der Waals surface area contributed by atoms with Crippen molar-refractivity contribution in [3.63, 3.8) is 0 Å². The molecular weight excluding hydrogens is 713 g/mol. The van der Waals surface area contributed by atoms with Crippen molar-refractivity contribution >= 4 is 29.5 Å². The number of hydrogen-bond acceptors (Lipinski definition) is 10. The number of rotatable bonds is 23. The van der Waals surface area contributed by atoms with Gasteiger partial charge in [-0.3, -0.25) is 19.2 Å². The van der Waals surface area contributed by atoms with Crippen molar-refractivity contribution in [3.05, 3.63) is 83.9 Å². The van der Waals surface area contributed by atoms with Crippen LogP contribution in [0.5, 0.6) is 0 Å². The Morgan fingerprint density at radius 3 is 1.30 bits per heavy atom. The van der Waals surface area contributed by atoms with Crippen molar-refractivity contribution in [1.82, 2.24) is 20.4 Å². The second kappa shape index (κ2) is 28.1. The van der Waals surface area contributed by atoms with Crippen LogP contribution in [-0.2, 0) is 54.7 Å². The summed E-state index contributed by atoms with van der Waals surface area (Å²) < 4.78 is 9.31. The zero-order valence-corrected chi connectivity index (χ0v) is 35.6. The molecule has 2 aromatic rings. The highest BCUT2D eigenvalue weighted by atomic mass is 16.7. The molecule has 2 rings (SSSR count). The number of ketones is 2. The zero-order valence-electron chi connectivity index (χ0n) is 35.6. The fourth-order valence-corrected chi connectivity index (χ4v) is 5.42. The fraction of sp³-hybridized carbons (Fsp3) is 0.568. The van der Waals surface area contributed by atoms with Gasteiger partial charge in [-0.25, -0.2) is 4.79 Å². The van der Waals surface area contributed by atoms with Crippen LogP contribution in [0.15, 0.2) is 61.7 Å². The number of Topliss-reactive ketones (excluding diaryl/α,β-unsaturated/α-hetero) is 2. The number of methoxy groups -OCH3 is 1. The topological polar surface area (TPSA) is 155 Å². The Balaban J connectivity index is 0.00000104.